The van der Waals surface area contributed by atoms with Crippen LogP contribution >= 0.6 is 11.6 Å². The van der Waals surface area contributed by atoms with Gasteiger partial charge < -0.3 is 9.29 Å². The largest absolute Gasteiger partial charge is 0.587 e. The molecule has 1 aromatic heterocycles. The molecule has 1 unspecified atom stereocenters. The molecule has 1 atom stereocenters. The van der Waals surface area contributed by atoms with Crippen LogP contribution in [0.25, 0.3) is 44.4 Å². The maximum Gasteiger partial charge on any atom is 0.337 e. The van der Waals surface area contributed by atoms with Crippen molar-refractivity contribution in [3.05, 3.63) is 137 Å². The first-order valence-corrected chi connectivity index (χ1v) is 14.9. The minimum absolute atomic E-state index is 0.182. The molecular weight excluding hydrogens is 607 g/mol. The number of carbonyl (C=O) groups excluding carboxylic acids is 1. The third-order valence-electron chi connectivity index (χ3n) is 7.29. The summed E-state index contributed by atoms with van der Waals surface area (Å²) in [7, 11) is 1.29. The van der Waals surface area contributed by atoms with E-state index in [4.69, 9.17) is 16.3 Å². The van der Waals surface area contributed by atoms with Crippen LogP contribution in [0.5, 0.6) is 0 Å². The molecule has 6 aromatic rings. The molecule has 0 amide bonds. The number of rotatable bonds is 7. The highest BCUT2D eigenvalue weighted by molar-refractivity contribution is 7.90. The summed E-state index contributed by atoms with van der Waals surface area (Å²) < 4.78 is 62.1. The second-order valence-corrected chi connectivity index (χ2v) is 11.7. The summed E-state index contributed by atoms with van der Waals surface area (Å²) >= 11 is 4.70. The molecule has 1 heterocycles. The summed E-state index contributed by atoms with van der Waals surface area (Å²) in [5.41, 5.74) is 4.62. The Kier molecular flexibility index (Phi) is 8.23. The number of esters is 1. The molecule has 0 bridgehead atoms. The molecule has 5 aromatic carbocycles. The smallest absolute Gasteiger partial charge is 0.337 e. The molecule has 0 radical (unpaired) electrons. The highest BCUT2D eigenvalue weighted by Gasteiger charge is 2.29. The zero-order valence-electron chi connectivity index (χ0n) is 23.1. The van der Waals surface area contributed by atoms with Gasteiger partial charge in [0.05, 0.1) is 18.2 Å². The van der Waals surface area contributed by atoms with Crippen molar-refractivity contribution in [1.82, 2.24) is 3.97 Å². The third kappa shape index (κ3) is 5.48. The fourth-order valence-corrected chi connectivity index (χ4v) is 6.80. The Labute approximate surface area is 259 Å². The van der Waals surface area contributed by atoms with Crippen molar-refractivity contribution in [3.8, 4) is 33.5 Å². The van der Waals surface area contributed by atoms with Gasteiger partial charge >= 0.3 is 5.97 Å². The van der Waals surface area contributed by atoms with Gasteiger partial charge in [-0.1, -0.05) is 66.2 Å². The van der Waals surface area contributed by atoms with Crippen LogP contribution in [0.2, 0.25) is 5.02 Å². The Morgan fingerprint density at radius 2 is 1.55 bits per heavy atom. The molecule has 4 nitrogen and oxygen atoms in total. The van der Waals surface area contributed by atoms with Crippen molar-refractivity contribution in [2.24, 2.45) is 0 Å². The van der Waals surface area contributed by atoms with Crippen LogP contribution in [-0.2, 0) is 16.1 Å². The predicted molar refractivity (Wildman–Crippen MR) is 168 cm³/mol. The molecule has 0 fully saturated rings. The number of alkyl halides is 2. The highest BCUT2D eigenvalue weighted by atomic mass is 35.5. The fourth-order valence-electron chi connectivity index (χ4n) is 5.23. The summed E-state index contributed by atoms with van der Waals surface area (Å²) in [5, 5.41) is 0.869. The van der Waals surface area contributed by atoms with Gasteiger partial charge in [-0.15, -0.1) is 0 Å². The molecule has 6 rings (SSSR count). The number of hydrogen-bond donors (Lipinski definition) is 0. The Morgan fingerprint density at radius 1 is 0.841 bits per heavy atom. The van der Waals surface area contributed by atoms with Gasteiger partial charge in [-0.2, -0.15) is 3.97 Å². The van der Waals surface area contributed by atoms with Gasteiger partial charge in [0, 0.05) is 32.7 Å². The average Bonchev–Trinajstić information content (AvgIpc) is 3.38. The summed E-state index contributed by atoms with van der Waals surface area (Å²) in [5.74, 6) is -0.975. The van der Waals surface area contributed by atoms with Gasteiger partial charge in [-0.25, -0.2) is 18.0 Å². The predicted octanol–water partition coefficient (Wildman–Crippen LogP) is 9.73. The number of nitrogens with zero attached hydrogens (tertiary/aromatic N) is 1. The normalized spacial score (nSPS) is 12.1. The number of aromatic nitrogens is 1. The molecule has 0 spiro atoms. The summed E-state index contributed by atoms with van der Waals surface area (Å²) in [6.45, 7) is 0. The molecule has 0 saturated carbocycles. The molecule has 0 aliphatic heterocycles. The second kappa shape index (κ2) is 12.2. The molecule has 220 valence electrons. The standard InChI is InChI=1S/C35H23ClF3NO3S/c1-43-35(41)25-12-16-28(30(36)19-25)23-8-5-9-24(18-23)33-32(21-6-3-2-4-7-21)29-20-26(37)13-17-31(29)40(33)44(42)27-14-10-22(11-15-27)34(38)39/h2-20,34H,1H3. The van der Waals surface area contributed by atoms with Gasteiger partial charge in [0.1, 0.15) is 22.9 Å². The zero-order chi connectivity index (χ0) is 31.0. The lowest BCUT2D eigenvalue weighted by Crippen LogP contribution is -2.14. The van der Waals surface area contributed by atoms with Crippen molar-refractivity contribution in [3.63, 3.8) is 0 Å². The average molecular weight is 630 g/mol. The third-order valence-corrected chi connectivity index (χ3v) is 8.98. The Morgan fingerprint density at radius 3 is 2.23 bits per heavy atom. The molecule has 0 saturated heterocycles. The number of methoxy groups -OCH3 is 1. The number of carbonyl (C=O) groups is 1. The van der Waals surface area contributed by atoms with Crippen LogP contribution in [0, 0.1) is 5.82 Å². The van der Waals surface area contributed by atoms with Crippen LogP contribution in [0.4, 0.5) is 13.2 Å². The molecule has 9 heteroatoms. The van der Waals surface area contributed by atoms with Gasteiger partial charge in [-0.3, -0.25) is 0 Å². The van der Waals surface area contributed by atoms with E-state index in [9.17, 15) is 22.5 Å². The van der Waals surface area contributed by atoms with E-state index in [1.165, 1.54) is 49.6 Å². The van der Waals surface area contributed by atoms with Gasteiger partial charge in [0.15, 0.2) is 4.90 Å². The van der Waals surface area contributed by atoms with Crippen LogP contribution in [0.3, 0.4) is 0 Å². The van der Waals surface area contributed by atoms with Crippen LogP contribution in [0.15, 0.2) is 120 Å². The maximum atomic E-state index is 14.8. The zero-order valence-corrected chi connectivity index (χ0v) is 24.7. The first kappa shape index (κ1) is 29.6. The fraction of sp³-hybridized carbons (Fsp3) is 0.0571. The molecule has 0 aliphatic carbocycles. The lowest BCUT2D eigenvalue weighted by molar-refractivity contribution is 0.0600. The first-order chi connectivity index (χ1) is 21.3. The van der Waals surface area contributed by atoms with E-state index in [1.807, 2.05) is 54.6 Å². The van der Waals surface area contributed by atoms with Gasteiger partial charge in [-0.05, 0) is 71.8 Å². The van der Waals surface area contributed by atoms with Crippen molar-refractivity contribution in [1.29, 1.82) is 0 Å². The highest BCUT2D eigenvalue weighted by Crippen LogP contribution is 2.44. The molecule has 0 aliphatic rings. The van der Waals surface area contributed by atoms with E-state index in [2.05, 4.69) is 0 Å². The summed E-state index contributed by atoms with van der Waals surface area (Å²) in [6, 6.07) is 31.3. The van der Waals surface area contributed by atoms with Crippen LogP contribution in [0.1, 0.15) is 22.3 Å². The minimum Gasteiger partial charge on any atom is -0.587 e. The quantitative estimate of drug-likeness (QED) is 0.130. The van der Waals surface area contributed by atoms with Crippen molar-refractivity contribution in [2.75, 3.05) is 7.11 Å². The van der Waals surface area contributed by atoms with E-state index in [0.717, 1.165) is 11.1 Å². The van der Waals surface area contributed by atoms with E-state index in [0.29, 0.717) is 48.8 Å². The molecular formula is C35H23ClF3NO3S. The van der Waals surface area contributed by atoms with E-state index < -0.39 is 29.6 Å². The maximum absolute atomic E-state index is 14.8. The number of ether oxygens (including phenoxy) is 1. The first-order valence-electron chi connectivity index (χ1n) is 13.4. The van der Waals surface area contributed by atoms with Crippen molar-refractivity contribution in [2.45, 2.75) is 11.3 Å². The Bertz CT molecular complexity index is 2000. The van der Waals surface area contributed by atoms with Gasteiger partial charge in [0.2, 0.25) is 0 Å². The Balaban J connectivity index is 1.61. The molecule has 44 heavy (non-hydrogen) atoms. The summed E-state index contributed by atoms with van der Waals surface area (Å²) in [4.78, 5) is 12.3. The lowest BCUT2D eigenvalue weighted by Gasteiger charge is -2.17. The molecule has 0 N–H and O–H groups in total. The van der Waals surface area contributed by atoms with E-state index in [-0.39, 0.29) is 5.56 Å². The van der Waals surface area contributed by atoms with E-state index in [1.54, 1.807) is 22.2 Å². The SMILES string of the molecule is COC(=O)c1ccc(-c2cccc(-c3c(-c4ccccc4)c4cc(F)ccc4n3[S+]([O-])c3ccc(C(F)F)cc3)c2)c(Cl)c1. The minimum atomic E-state index is -2.66. The number of hydrogen-bond acceptors (Lipinski definition) is 3. The monoisotopic (exact) mass is 629 g/mol. The van der Waals surface area contributed by atoms with Crippen molar-refractivity contribution < 1.29 is 27.3 Å². The van der Waals surface area contributed by atoms with Crippen LogP contribution in [-0.4, -0.2) is 21.6 Å². The lowest BCUT2D eigenvalue weighted by atomic mass is 9.96. The summed E-state index contributed by atoms with van der Waals surface area (Å²) in [6.07, 6.45) is -2.66. The number of halogens is 4. The van der Waals surface area contributed by atoms with Gasteiger partial charge in [0.25, 0.3) is 6.43 Å². The topological polar surface area (TPSA) is 54.3 Å². The number of benzene rings is 5. The number of fused-ring (bicyclic) bond motifs is 1. The second-order valence-electron chi connectivity index (χ2n) is 9.93. The van der Waals surface area contributed by atoms with Crippen molar-refractivity contribution >= 4 is 39.8 Å². The van der Waals surface area contributed by atoms with Crippen LogP contribution < -0.4 is 0 Å². The van der Waals surface area contributed by atoms with E-state index >= 15 is 0 Å². The Hall–Kier alpha value is -4.50.